The lowest BCUT2D eigenvalue weighted by Crippen LogP contribution is -2.24. The lowest BCUT2D eigenvalue weighted by atomic mass is 10.2. The molecule has 0 aliphatic heterocycles. The van der Waals surface area contributed by atoms with Gasteiger partial charge in [-0.05, 0) is 11.5 Å². The fraction of sp³-hybridized carbons (Fsp3) is 0.833. The molecule has 0 saturated heterocycles. The summed E-state index contributed by atoms with van der Waals surface area (Å²) in [6.45, 7) is 3.83. The molecule has 0 fully saturated rings. The number of ether oxygens (including phenoxy) is 1. The molecule has 0 aliphatic carbocycles. The molecule has 2 atom stereocenters. The third kappa shape index (κ3) is 5.18. The third-order valence-electron chi connectivity index (χ3n) is 1.22. The van der Waals surface area contributed by atoms with Crippen molar-refractivity contribution in [3.63, 3.8) is 0 Å². The van der Waals surface area contributed by atoms with Gasteiger partial charge in [-0.25, -0.2) is 0 Å². The van der Waals surface area contributed by atoms with Crippen LogP contribution in [0.3, 0.4) is 0 Å². The first-order valence-electron chi connectivity index (χ1n) is 3.64. The highest BCUT2D eigenvalue weighted by Crippen LogP contribution is 2.06. The number of carbonyl (C=O) groups is 1. The summed E-state index contributed by atoms with van der Waals surface area (Å²) >= 11 is 0. The van der Waals surface area contributed by atoms with Gasteiger partial charge in [0.1, 0.15) is 0 Å². The monoisotopic (exact) mass is 194 g/mol. The van der Waals surface area contributed by atoms with Crippen LogP contribution in [0, 0.1) is 5.92 Å². The molecule has 0 spiro atoms. The predicted octanol–water partition coefficient (Wildman–Crippen LogP) is 0.425. The van der Waals surface area contributed by atoms with Gasteiger partial charge in [-0.15, -0.1) is 4.89 Å². The van der Waals surface area contributed by atoms with Crippen molar-refractivity contribution in [3.05, 3.63) is 0 Å². The van der Waals surface area contributed by atoms with E-state index < -0.39 is 14.1 Å². The van der Waals surface area contributed by atoms with Crippen LogP contribution in [-0.2, 0) is 14.1 Å². The third-order valence-corrected chi connectivity index (χ3v) is 1.67. The molecule has 0 radical (unpaired) electrons. The van der Waals surface area contributed by atoms with E-state index in [1.54, 1.807) is 13.8 Å². The van der Waals surface area contributed by atoms with Crippen LogP contribution in [0.2, 0.25) is 0 Å². The predicted molar refractivity (Wildman–Crippen MR) is 43.6 cm³/mol. The lowest BCUT2D eigenvalue weighted by molar-refractivity contribution is -0.147. The van der Waals surface area contributed by atoms with Gasteiger partial charge in [0.25, 0.3) is 0 Å². The standard InChI is InChI=1S/C6H12NO4P/c1-3-11-6(8)5(2)4-7-12(9)10/h5H,3-4H2,1-2H3,(H-,7,9,10)/p+1. The average molecular weight is 194 g/mol. The van der Waals surface area contributed by atoms with Gasteiger partial charge < -0.3 is 4.74 Å². The van der Waals surface area contributed by atoms with Gasteiger partial charge in [-0.2, -0.15) is 0 Å². The Bertz CT molecular complexity index is 173. The van der Waals surface area contributed by atoms with Crippen LogP contribution in [0.1, 0.15) is 13.8 Å². The van der Waals surface area contributed by atoms with Gasteiger partial charge in [-0.3, -0.25) is 4.79 Å². The van der Waals surface area contributed by atoms with Gasteiger partial charge >= 0.3 is 14.1 Å². The Balaban J connectivity index is 3.63. The van der Waals surface area contributed by atoms with E-state index >= 15 is 0 Å². The lowest BCUT2D eigenvalue weighted by Gasteiger charge is -2.06. The molecule has 2 unspecified atom stereocenters. The second-order valence-electron chi connectivity index (χ2n) is 2.29. The topological polar surface area (TPSA) is 75.6 Å². The summed E-state index contributed by atoms with van der Waals surface area (Å²) in [6.07, 6.45) is 0. The Morgan fingerprint density at radius 2 is 2.33 bits per heavy atom. The second-order valence-corrected chi connectivity index (χ2v) is 3.15. The molecule has 70 valence electrons. The molecule has 6 heteroatoms. The largest absolute Gasteiger partial charge is 0.610 e. The van der Waals surface area contributed by atoms with Gasteiger partial charge in [-0.1, -0.05) is 12.0 Å². The maximum Gasteiger partial charge on any atom is 0.610 e. The zero-order valence-electron chi connectivity index (χ0n) is 7.11. The number of hydrogen-bond acceptors (Lipinski definition) is 3. The minimum atomic E-state index is -2.37. The summed E-state index contributed by atoms with van der Waals surface area (Å²) in [4.78, 5) is 19.3. The summed E-state index contributed by atoms with van der Waals surface area (Å²) in [5, 5.41) is 2.25. The zero-order chi connectivity index (χ0) is 9.56. The van der Waals surface area contributed by atoms with Crippen LogP contribution >= 0.6 is 8.18 Å². The van der Waals surface area contributed by atoms with Crippen molar-refractivity contribution >= 4 is 14.1 Å². The number of carbonyl (C=O) groups excluding carboxylic acids is 1. The molecule has 0 aromatic carbocycles. The molecule has 0 rings (SSSR count). The number of rotatable bonds is 5. The highest BCUT2D eigenvalue weighted by atomic mass is 31.1. The van der Waals surface area contributed by atoms with E-state index in [0.29, 0.717) is 6.61 Å². The molecule has 0 aromatic heterocycles. The first kappa shape index (κ1) is 11.5. The van der Waals surface area contributed by atoms with Gasteiger partial charge in [0.15, 0.2) is 0 Å². The summed E-state index contributed by atoms with van der Waals surface area (Å²) in [6, 6.07) is 0. The minimum Gasteiger partial charge on any atom is -0.466 e. The SMILES string of the molecule is CCOC(=O)C(C)CN[P+](=O)O. The normalized spacial score (nSPS) is 13.8. The fourth-order valence-corrected chi connectivity index (χ4v) is 1.01. The first-order chi connectivity index (χ1) is 5.57. The Kier molecular flexibility index (Phi) is 5.80. The highest BCUT2D eigenvalue weighted by molar-refractivity contribution is 7.35. The highest BCUT2D eigenvalue weighted by Gasteiger charge is 2.18. The van der Waals surface area contributed by atoms with Crippen LogP contribution < -0.4 is 5.09 Å². The van der Waals surface area contributed by atoms with Crippen LogP contribution in [0.15, 0.2) is 0 Å². The molecule has 0 heterocycles. The maximum absolute atomic E-state index is 10.9. The Labute approximate surface area is 72.0 Å². The van der Waals surface area contributed by atoms with Crippen molar-refractivity contribution in [2.24, 2.45) is 5.92 Å². The molecular weight excluding hydrogens is 181 g/mol. The Morgan fingerprint density at radius 3 is 2.75 bits per heavy atom. The van der Waals surface area contributed by atoms with Gasteiger partial charge in [0.2, 0.25) is 0 Å². The van der Waals surface area contributed by atoms with Crippen LogP contribution in [0.5, 0.6) is 0 Å². The number of esters is 1. The summed E-state index contributed by atoms with van der Waals surface area (Å²) in [7, 11) is -2.37. The quantitative estimate of drug-likeness (QED) is 0.490. The molecular formula is C6H13NO4P+. The smallest absolute Gasteiger partial charge is 0.466 e. The number of hydrogen-bond donors (Lipinski definition) is 2. The molecule has 0 bridgehead atoms. The van der Waals surface area contributed by atoms with E-state index in [1.807, 2.05) is 0 Å². The molecule has 2 N–H and O–H groups in total. The fourth-order valence-electron chi connectivity index (χ4n) is 0.583. The van der Waals surface area contributed by atoms with Crippen molar-refractivity contribution in [3.8, 4) is 0 Å². The van der Waals surface area contributed by atoms with Crippen LogP contribution in [0.4, 0.5) is 0 Å². The van der Waals surface area contributed by atoms with Crippen molar-refractivity contribution in [2.45, 2.75) is 13.8 Å². The van der Waals surface area contributed by atoms with E-state index in [-0.39, 0.29) is 12.5 Å². The summed E-state index contributed by atoms with van der Waals surface area (Å²) < 4.78 is 14.8. The maximum atomic E-state index is 10.9. The number of nitrogens with one attached hydrogen (secondary N) is 1. The molecule has 12 heavy (non-hydrogen) atoms. The first-order valence-corrected chi connectivity index (χ1v) is 4.85. The molecule has 0 aromatic rings. The van der Waals surface area contributed by atoms with E-state index in [9.17, 15) is 9.36 Å². The van der Waals surface area contributed by atoms with Crippen molar-refractivity contribution in [1.82, 2.24) is 5.09 Å². The van der Waals surface area contributed by atoms with Gasteiger partial charge in [0, 0.05) is 0 Å². The van der Waals surface area contributed by atoms with E-state index in [4.69, 9.17) is 4.89 Å². The van der Waals surface area contributed by atoms with E-state index in [1.165, 1.54) is 0 Å². The Morgan fingerprint density at radius 1 is 1.75 bits per heavy atom. The Hall–Kier alpha value is -0.510. The van der Waals surface area contributed by atoms with E-state index in [2.05, 4.69) is 9.82 Å². The zero-order valence-corrected chi connectivity index (χ0v) is 8.01. The average Bonchev–Trinajstić information content (AvgIpc) is 2.00. The van der Waals surface area contributed by atoms with Crippen LogP contribution in [0.25, 0.3) is 0 Å². The summed E-state index contributed by atoms with van der Waals surface area (Å²) in [5.41, 5.74) is 0. The molecule has 0 amide bonds. The minimum absolute atomic E-state index is 0.157. The van der Waals surface area contributed by atoms with E-state index in [0.717, 1.165) is 0 Å². The molecule has 0 aliphatic rings. The molecule has 0 saturated carbocycles. The van der Waals surface area contributed by atoms with Gasteiger partial charge in [0.05, 0.1) is 19.1 Å². The molecule has 5 nitrogen and oxygen atoms in total. The summed E-state index contributed by atoms with van der Waals surface area (Å²) in [5.74, 6) is -0.752. The second kappa shape index (κ2) is 6.06. The van der Waals surface area contributed by atoms with Crippen molar-refractivity contribution in [2.75, 3.05) is 13.2 Å². The van der Waals surface area contributed by atoms with Crippen LogP contribution in [-0.4, -0.2) is 24.0 Å². The van der Waals surface area contributed by atoms with Crippen molar-refractivity contribution in [1.29, 1.82) is 0 Å². The van der Waals surface area contributed by atoms with Crippen molar-refractivity contribution < 1.29 is 19.0 Å².